The number of aromatic nitrogens is 2. The minimum Gasteiger partial charge on any atom is -0.306 e. The molecule has 3 aromatic rings. The molecular weight excluding hydrogens is 238 g/mol. The van der Waals surface area contributed by atoms with Gasteiger partial charge in [0, 0.05) is 11.1 Å². The zero-order valence-electron chi connectivity index (χ0n) is 10.5. The summed E-state index contributed by atoms with van der Waals surface area (Å²) in [4.78, 5) is 12.2. The maximum Gasteiger partial charge on any atom is 0.347 e. The lowest BCUT2D eigenvalue weighted by Crippen LogP contribution is -2.20. The lowest BCUT2D eigenvalue weighted by molar-refractivity contribution is 0.251. The maximum atomic E-state index is 12.2. The number of amides is 1. The summed E-state index contributed by atoms with van der Waals surface area (Å²) in [5.41, 5.74) is 2.41. The summed E-state index contributed by atoms with van der Waals surface area (Å²) in [6.07, 6.45) is 0. The van der Waals surface area contributed by atoms with Crippen LogP contribution < -0.4 is 5.32 Å². The molecule has 94 valence electrons. The number of nitrogens with zero attached hydrogens (tertiary/aromatic N) is 2. The van der Waals surface area contributed by atoms with Crippen molar-refractivity contribution in [1.29, 1.82) is 0 Å². The lowest BCUT2D eigenvalue weighted by atomic mass is 10.2. The van der Waals surface area contributed by atoms with Crippen molar-refractivity contribution in [3.05, 3.63) is 60.3 Å². The molecule has 1 amide bonds. The first kappa shape index (κ1) is 11.5. The summed E-state index contributed by atoms with van der Waals surface area (Å²) in [5.74, 6) is 0. The summed E-state index contributed by atoms with van der Waals surface area (Å²) >= 11 is 0. The molecule has 0 atom stereocenters. The summed E-state index contributed by atoms with van der Waals surface area (Å²) in [6.45, 7) is 1.90. The molecule has 1 aromatic heterocycles. The Kier molecular flexibility index (Phi) is 2.76. The van der Waals surface area contributed by atoms with Crippen LogP contribution in [0.5, 0.6) is 0 Å². The maximum absolute atomic E-state index is 12.2. The first-order valence-corrected chi connectivity index (χ1v) is 6.06. The highest BCUT2D eigenvalue weighted by Gasteiger charge is 2.12. The minimum atomic E-state index is -0.254. The molecule has 2 aromatic carbocycles. The van der Waals surface area contributed by atoms with E-state index in [2.05, 4.69) is 10.4 Å². The van der Waals surface area contributed by atoms with Gasteiger partial charge in [-0.15, -0.1) is 0 Å². The first-order chi connectivity index (χ1) is 9.25. The van der Waals surface area contributed by atoms with Crippen molar-refractivity contribution in [1.82, 2.24) is 9.78 Å². The van der Waals surface area contributed by atoms with Crippen molar-refractivity contribution >= 4 is 22.6 Å². The lowest BCUT2D eigenvalue weighted by Gasteiger charge is -2.05. The molecule has 0 saturated carbocycles. The third kappa shape index (κ3) is 2.08. The van der Waals surface area contributed by atoms with E-state index in [1.807, 2.05) is 61.5 Å². The van der Waals surface area contributed by atoms with Crippen LogP contribution in [-0.2, 0) is 0 Å². The standard InChI is InChI=1S/C15H13N3O/c1-11-13-9-5-6-10-14(13)18(17-11)15(19)16-12-7-3-2-4-8-12/h2-10H,1H3,(H,16,19). The second-order valence-electron chi connectivity index (χ2n) is 4.31. The minimum absolute atomic E-state index is 0.254. The second-order valence-corrected chi connectivity index (χ2v) is 4.31. The van der Waals surface area contributed by atoms with Gasteiger partial charge in [-0.3, -0.25) is 0 Å². The molecule has 0 spiro atoms. The normalized spacial score (nSPS) is 10.6. The predicted molar refractivity (Wildman–Crippen MR) is 75.3 cm³/mol. The Labute approximate surface area is 110 Å². The van der Waals surface area contributed by atoms with Crippen molar-refractivity contribution in [2.24, 2.45) is 0 Å². The van der Waals surface area contributed by atoms with Gasteiger partial charge in [0.15, 0.2) is 0 Å². The molecule has 0 aliphatic heterocycles. The third-order valence-corrected chi connectivity index (χ3v) is 2.99. The number of para-hydroxylation sites is 2. The number of hydrogen-bond donors (Lipinski definition) is 1. The van der Waals surface area contributed by atoms with Gasteiger partial charge >= 0.3 is 6.03 Å². The number of fused-ring (bicyclic) bond motifs is 1. The van der Waals surface area contributed by atoms with Crippen molar-refractivity contribution < 1.29 is 4.79 Å². The number of carbonyl (C=O) groups is 1. The molecule has 4 heteroatoms. The quantitative estimate of drug-likeness (QED) is 0.720. The summed E-state index contributed by atoms with van der Waals surface area (Å²) in [7, 11) is 0. The van der Waals surface area contributed by atoms with Gasteiger partial charge in [0.2, 0.25) is 0 Å². The molecule has 0 fully saturated rings. The Hall–Kier alpha value is -2.62. The number of aryl methyl sites for hydroxylation is 1. The molecule has 0 bridgehead atoms. The molecule has 0 aliphatic carbocycles. The Morgan fingerprint density at radius 3 is 2.53 bits per heavy atom. The van der Waals surface area contributed by atoms with Gasteiger partial charge in [0.05, 0.1) is 11.2 Å². The Bertz CT molecular complexity index is 731. The van der Waals surface area contributed by atoms with E-state index < -0.39 is 0 Å². The molecule has 4 nitrogen and oxygen atoms in total. The number of anilines is 1. The largest absolute Gasteiger partial charge is 0.347 e. The molecule has 3 rings (SSSR count). The predicted octanol–water partition coefficient (Wildman–Crippen LogP) is 3.42. The van der Waals surface area contributed by atoms with Gasteiger partial charge in [-0.05, 0) is 25.1 Å². The van der Waals surface area contributed by atoms with Crippen LogP contribution in [-0.4, -0.2) is 15.8 Å². The molecule has 1 heterocycles. The van der Waals surface area contributed by atoms with Gasteiger partial charge < -0.3 is 5.32 Å². The van der Waals surface area contributed by atoms with E-state index in [-0.39, 0.29) is 6.03 Å². The van der Waals surface area contributed by atoms with Crippen molar-refractivity contribution in [2.75, 3.05) is 5.32 Å². The fraction of sp³-hybridized carbons (Fsp3) is 0.0667. The average molecular weight is 251 g/mol. The van der Waals surface area contributed by atoms with Crippen molar-refractivity contribution in [3.8, 4) is 0 Å². The number of benzene rings is 2. The first-order valence-electron chi connectivity index (χ1n) is 6.06. The molecule has 0 saturated heterocycles. The van der Waals surface area contributed by atoms with E-state index in [0.29, 0.717) is 0 Å². The molecule has 1 N–H and O–H groups in total. The summed E-state index contributed by atoms with van der Waals surface area (Å²) in [6, 6.07) is 16.8. The van der Waals surface area contributed by atoms with Crippen molar-refractivity contribution in [2.45, 2.75) is 6.92 Å². The van der Waals surface area contributed by atoms with Gasteiger partial charge in [0.25, 0.3) is 0 Å². The molecular formula is C15H13N3O. The van der Waals surface area contributed by atoms with E-state index in [1.54, 1.807) is 0 Å². The number of carbonyl (C=O) groups excluding carboxylic acids is 1. The van der Waals surface area contributed by atoms with Crippen LogP contribution >= 0.6 is 0 Å². The summed E-state index contributed by atoms with van der Waals surface area (Å²) in [5, 5.41) is 8.11. The van der Waals surface area contributed by atoms with Crippen LogP contribution in [0.1, 0.15) is 5.69 Å². The second kappa shape index (κ2) is 4.57. The zero-order valence-corrected chi connectivity index (χ0v) is 10.5. The fourth-order valence-corrected chi connectivity index (χ4v) is 2.07. The van der Waals surface area contributed by atoms with Crippen LogP contribution in [0.15, 0.2) is 54.6 Å². The molecule has 0 radical (unpaired) electrons. The average Bonchev–Trinajstić information content (AvgIpc) is 2.78. The van der Waals surface area contributed by atoms with E-state index in [1.165, 1.54) is 4.68 Å². The SMILES string of the molecule is Cc1nn(C(=O)Nc2ccccc2)c2ccccc12. The molecule has 0 unspecified atom stereocenters. The number of hydrogen-bond acceptors (Lipinski definition) is 2. The van der Waals surface area contributed by atoms with Crippen LogP contribution in [0.2, 0.25) is 0 Å². The Morgan fingerprint density at radius 2 is 1.74 bits per heavy atom. The van der Waals surface area contributed by atoms with E-state index in [9.17, 15) is 4.79 Å². The van der Waals surface area contributed by atoms with Gasteiger partial charge in [-0.25, -0.2) is 4.79 Å². The van der Waals surface area contributed by atoms with Crippen LogP contribution in [0.3, 0.4) is 0 Å². The van der Waals surface area contributed by atoms with Gasteiger partial charge in [-0.1, -0.05) is 36.4 Å². The van der Waals surface area contributed by atoms with Crippen LogP contribution in [0.25, 0.3) is 10.9 Å². The van der Waals surface area contributed by atoms with E-state index in [4.69, 9.17) is 0 Å². The highest BCUT2D eigenvalue weighted by atomic mass is 16.2. The van der Waals surface area contributed by atoms with Crippen LogP contribution in [0, 0.1) is 6.92 Å². The number of nitrogens with one attached hydrogen (secondary N) is 1. The Morgan fingerprint density at radius 1 is 1.05 bits per heavy atom. The Balaban J connectivity index is 1.98. The van der Waals surface area contributed by atoms with Crippen LogP contribution in [0.4, 0.5) is 10.5 Å². The van der Waals surface area contributed by atoms with Gasteiger partial charge in [0.1, 0.15) is 0 Å². The highest BCUT2D eigenvalue weighted by molar-refractivity contribution is 5.97. The topological polar surface area (TPSA) is 46.9 Å². The number of rotatable bonds is 1. The zero-order chi connectivity index (χ0) is 13.2. The van der Waals surface area contributed by atoms with E-state index >= 15 is 0 Å². The molecule has 0 aliphatic rings. The third-order valence-electron chi connectivity index (χ3n) is 2.99. The molecule has 19 heavy (non-hydrogen) atoms. The monoisotopic (exact) mass is 251 g/mol. The fourth-order valence-electron chi connectivity index (χ4n) is 2.07. The van der Waals surface area contributed by atoms with Crippen molar-refractivity contribution in [3.63, 3.8) is 0 Å². The van der Waals surface area contributed by atoms with E-state index in [0.717, 1.165) is 22.3 Å². The smallest absolute Gasteiger partial charge is 0.306 e. The highest BCUT2D eigenvalue weighted by Crippen LogP contribution is 2.17. The van der Waals surface area contributed by atoms with Gasteiger partial charge in [-0.2, -0.15) is 9.78 Å². The summed E-state index contributed by atoms with van der Waals surface area (Å²) < 4.78 is 1.40.